The number of hydrogen-bond donors (Lipinski definition) is 1. The lowest BCUT2D eigenvalue weighted by molar-refractivity contribution is -0.385. The Bertz CT molecular complexity index is 329. The van der Waals surface area contributed by atoms with Crippen LogP contribution in [0.25, 0.3) is 0 Å². The molecule has 0 radical (unpaired) electrons. The predicted octanol–water partition coefficient (Wildman–Crippen LogP) is 0.717. The van der Waals surface area contributed by atoms with Crippen molar-refractivity contribution in [3.63, 3.8) is 0 Å². The number of phenols is 1. The summed E-state index contributed by atoms with van der Waals surface area (Å²) >= 11 is 0. The van der Waals surface area contributed by atoms with E-state index in [2.05, 4.69) is 0 Å². The van der Waals surface area contributed by atoms with Gasteiger partial charge in [0.25, 0.3) is 0 Å². The number of aromatic hydroxyl groups is 1. The first-order chi connectivity index (χ1) is 6.13. The maximum absolute atomic E-state index is 10.1. The van der Waals surface area contributed by atoms with Crippen molar-refractivity contribution < 1.29 is 19.6 Å². The summed E-state index contributed by atoms with van der Waals surface area (Å²) in [6.45, 7) is 0. The lowest BCUT2D eigenvalue weighted by atomic mass is 10.3. The molecule has 0 saturated carbocycles. The Kier molecular flexibility index (Phi) is 4.53. The van der Waals surface area contributed by atoms with E-state index in [-0.39, 0.29) is 17.6 Å². The zero-order valence-electron chi connectivity index (χ0n) is 6.34. The monoisotopic (exact) mass is 183 g/mol. The smallest absolute Gasteiger partial charge is 0.373 e. The first-order valence-corrected chi connectivity index (χ1v) is 3.05. The number of phenolic OH excluding ortho intramolecular Hbond substituents is 1. The molecule has 0 aliphatic rings. The molecule has 68 valence electrons. The molecule has 0 fully saturated rings. The van der Waals surface area contributed by atoms with Crippen molar-refractivity contribution in [3.05, 3.63) is 34.4 Å². The molecule has 1 N–H and O–H groups in total. The van der Waals surface area contributed by atoms with Gasteiger partial charge in [0.2, 0.25) is 0 Å². The summed E-state index contributed by atoms with van der Waals surface area (Å²) in [6, 6.07) is 5.55. The highest BCUT2D eigenvalue weighted by atomic mass is 16.6. The largest absolute Gasteiger partial charge is 0.502 e. The van der Waals surface area contributed by atoms with E-state index in [0.717, 1.165) is 0 Å². The Balaban J connectivity index is 0.000000424. The zero-order chi connectivity index (χ0) is 10.3. The molecule has 0 amide bonds. The van der Waals surface area contributed by atoms with Gasteiger partial charge >= 0.3 is 11.8 Å². The van der Waals surface area contributed by atoms with Crippen LogP contribution in [0.3, 0.4) is 0 Å². The Morgan fingerprint density at radius 1 is 1.31 bits per heavy atom. The number of carbonyl (C=O) groups excluding carboxylic acids is 2. The van der Waals surface area contributed by atoms with E-state index >= 15 is 0 Å². The number of nitro groups is 1. The van der Waals surface area contributed by atoms with Crippen LogP contribution < -0.4 is 0 Å². The van der Waals surface area contributed by atoms with Crippen LogP contribution in [0.4, 0.5) is 5.69 Å². The van der Waals surface area contributed by atoms with Crippen molar-refractivity contribution in [1.29, 1.82) is 0 Å². The molecule has 0 heterocycles. The average Bonchev–Trinajstić information content (AvgIpc) is 2.06. The fraction of sp³-hybridized carbons (Fsp3) is 0. The van der Waals surface area contributed by atoms with Crippen molar-refractivity contribution in [2.75, 3.05) is 0 Å². The Hall–Kier alpha value is -2.20. The number of benzene rings is 1. The fourth-order valence-electron chi connectivity index (χ4n) is 0.619. The number of para-hydroxylation sites is 2. The van der Waals surface area contributed by atoms with E-state index in [1.54, 1.807) is 0 Å². The molecule has 0 aliphatic heterocycles. The minimum Gasteiger partial charge on any atom is -0.502 e. The van der Waals surface area contributed by atoms with Gasteiger partial charge in [0, 0.05) is 6.07 Å². The normalized spacial score (nSPS) is 7.69. The van der Waals surface area contributed by atoms with Gasteiger partial charge in [0.15, 0.2) is 5.75 Å². The van der Waals surface area contributed by atoms with Gasteiger partial charge < -0.3 is 5.11 Å². The second-order valence-corrected chi connectivity index (χ2v) is 1.83. The first-order valence-electron chi connectivity index (χ1n) is 3.05. The Labute approximate surface area is 72.6 Å². The number of nitrogens with zero attached hydrogens (tertiary/aromatic N) is 1. The SMILES string of the molecule is O=C=O.O=[N+]([O-])c1ccccc1O. The average molecular weight is 183 g/mol. The summed E-state index contributed by atoms with van der Waals surface area (Å²) in [7, 11) is 0. The third-order valence-corrected chi connectivity index (χ3v) is 1.08. The molecule has 0 unspecified atom stereocenters. The van der Waals surface area contributed by atoms with E-state index < -0.39 is 4.92 Å². The van der Waals surface area contributed by atoms with Crippen LogP contribution in [-0.4, -0.2) is 16.2 Å². The molecule has 13 heavy (non-hydrogen) atoms. The summed E-state index contributed by atoms with van der Waals surface area (Å²) < 4.78 is 0. The highest BCUT2D eigenvalue weighted by Gasteiger charge is 2.09. The third-order valence-electron chi connectivity index (χ3n) is 1.08. The standard InChI is InChI=1S/C6H5NO3.CO2/c8-6-4-2-1-3-5(6)7(9)10;2-1-3/h1-4,8H;. The molecule has 6 nitrogen and oxygen atoms in total. The number of nitro benzene ring substituents is 1. The van der Waals surface area contributed by atoms with Gasteiger partial charge in [-0.25, -0.2) is 0 Å². The van der Waals surface area contributed by atoms with Gasteiger partial charge in [-0.15, -0.1) is 0 Å². The minimum absolute atomic E-state index is 0.250. The zero-order valence-corrected chi connectivity index (χ0v) is 6.34. The molecule has 0 atom stereocenters. The second-order valence-electron chi connectivity index (χ2n) is 1.83. The van der Waals surface area contributed by atoms with Crippen LogP contribution in [0.15, 0.2) is 24.3 Å². The van der Waals surface area contributed by atoms with E-state index in [9.17, 15) is 10.1 Å². The topological polar surface area (TPSA) is 97.5 Å². The molecule has 1 aromatic rings. The lowest BCUT2D eigenvalue weighted by Crippen LogP contribution is -1.86. The van der Waals surface area contributed by atoms with Gasteiger partial charge in [-0.1, -0.05) is 12.1 Å². The van der Waals surface area contributed by atoms with Crippen molar-refractivity contribution >= 4 is 11.8 Å². The van der Waals surface area contributed by atoms with Crippen LogP contribution in [0.2, 0.25) is 0 Å². The van der Waals surface area contributed by atoms with Gasteiger partial charge in [0.1, 0.15) is 0 Å². The molecule has 0 saturated heterocycles. The maximum Gasteiger partial charge on any atom is 0.373 e. The van der Waals surface area contributed by atoms with E-state index in [0.29, 0.717) is 0 Å². The van der Waals surface area contributed by atoms with Gasteiger partial charge in [-0.2, -0.15) is 9.59 Å². The third kappa shape index (κ3) is 3.64. The van der Waals surface area contributed by atoms with Crippen LogP contribution in [-0.2, 0) is 9.59 Å². The van der Waals surface area contributed by atoms with Crippen LogP contribution in [0.5, 0.6) is 5.75 Å². The molecule has 6 heteroatoms. The van der Waals surface area contributed by atoms with E-state index in [4.69, 9.17) is 14.7 Å². The molecular formula is C7H5NO5. The molecule has 1 rings (SSSR count). The Morgan fingerprint density at radius 3 is 2.08 bits per heavy atom. The van der Waals surface area contributed by atoms with Crippen molar-refractivity contribution in [2.45, 2.75) is 0 Å². The summed E-state index contributed by atoms with van der Waals surface area (Å²) in [5.41, 5.74) is -0.262. The van der Waals surface area contributed by atoms with Gasteiger partial charge in [-0.3, -0.25) is 10.1 Å². The highest BCUT2D eigenvalue weighted by Crippen LogP contribution is 2.23. The van der Waals surface area contributed by atoms with Crippen molar-refractivity contribution in [2.24, 2.45) is 0 Å². The summed E-state index contributed by atoms with van der Waals surface area (Å²) in [5.74, 6) is -0.299. The summed E-state index contributed by atoms with van der Waals surface area (Å²) in [5, 5.41) is 18.9. The van der Waals surface area contributed by atoms with E-state index in [1.165, 1.54) is 24.3 Å². The Morgan fingerprint density at radius 2 is 1.77 bits per heavy atom. The quantitative estimate of drug-likeness (QED) is 0.510. The highest BCUT2D eigenvalue weighted by molar-refractivity contribution is 5.44. The van der Waals surface area contributed by atoms with Crippen LogP contribution in [0.1, 0.15) is 0 Å². The molecule has 0 spiro atoms. The number of hydrogen-bond acceptors (Lipinski definition) is 5. The van der Waals surface area contributed by atoms with Crippen molar-refractivity contribution in [1.82, 2.24) is 0 Å². The minimum atomic E-state index is -0.630. The van der Waals surface area contributed by atoms with Crippen molar-refractivity contribution in [3.8, 4) is 5.75 Å². The summed E-state index contributed by atoms with van der Waals surface area (Å²) in [4.78, 5) is 25.7. The first kappa shape index (κ1) is 10.8. The van der Waals surface area contributed by atoms with Gasteiger partial charge in [0.05, 0.1) is 4.92 Å². The molecule has 0 aliphatic carbocycles. The maximum atomic E-state index is 10.1. The van der Waals surface area contributed by atoms with E-state index in [1.807, 2.05) is 0 Å². The molecular weight excluding hydrogens is 178 g/mol. The molecule has 0 bridgehead atoms. The number of rotatable bonds is 1. The molecule has 0 aromatic heterocycles. The lowest BCUT2D eigenvalue weighted by Gasteiger charge is -1.91. The summed E-state index contributed by atoms with van der Waals surface area (Å²) in [6.07, 6.45) is 0.250. The van der Waals surface area contributed by atoms with Gasteiger partial charge in [-0.05, 0) is 6.07 Å². The molecule has 1 aromatic carbocycles. The fourth-order valence-corrected chi connectivity index (χ4v) is 0.619. The van der Waals surface area contributed by atoms with Crippen LogP contribution >= 0.6 is 0 Å². The van der Waals surface area contributed by atoms with Crippen LogP contribution in [0, 0.1) is 10.1 Å². The second kappa shape index (κ2) is 5.45. The predicted molar refractivity (Wildman–Crippen MR) is 39.8 cm³/mol.